The molecule has 1 heterocycles. The summed E-state index contributed by atoms with van der Waals surface area (Å²) in [6.07, 6.45) is 1.10. The number of hydrogen-bond donors (Lipinski definition) is 1. The Bertz CT molecular complexity index is 493. The minimum atomic E-state index is 0.717. The molecule has 19 heavy (non-hydrogen) atoms. The fourth-order valence-corrected chi connectivity index (χ4v) is 2.60. The van der Waals surface area contributed by atoms with E-state index >= 15 is 0 Å². The van der Waals surface area contributed by atoms with E-state index in [1.807, 2.05) is 11.3 Å². The summed E-state index contributed by atoms with van der Waals surface area (Å²) < 4.78 is 5.79. The Morgan fingerprint density at radius 3 is 2.84 bits per heavy atom. The maximum atomic E-state index is 5.79. The lowest BCUT2D eigenvalue weighted by Gasteiger charge is -2.10. The first-order valence-electron chi connectivity index (χ1n) is 6.69. The van der Waals surface area contributed by atoms with Gasteiger partial charge in [0, 0.05) is 18.0 Å². The van der Waals surface area contributed by atoms with Crippen LogP contribution in [0.2, 0.25) is 0 Å². The summed E-state index contributed by atoms with van der Waals surface area (Å²) in [6.45, 7) is 6.79. The van der Waals surface area contributed by atoms with Crippen LogP contribution in [-0.4, -0.2) is 19.7 Å². The first-order valence-corrected chi connectivity index (χ1v) is 7.57. The predicted octanol–water partition coefficient (Wildman–Crippen LogP) is 3.58. The van der Waals surface area contributed by atoms with Gasteiger partial charge in [0.1, 0.15) is 12.4 Å². The van der Waals surface area contributed by atoms with Crippen molar-refractivity contribution >= 4 is 11.3 Å². The monoisotopic (exact) mass is 275 g/mol. The van der Waals surface area contributed by atoms with Crippen LogP contribution in [0.5, 0.6) is 5.75 Å². The molecule has 1 aromatic carbocycles. The van der Waals surface area contributed by atoms with Crippen LogP contribution in [0, 0.1) is 13.8 Å². The highest BCUT2D eigenvalue weighted by Crippen LogP contribution is 2.18. The van der Waals surface area contributed by atoms with E-state index in [0.29, 0.717) is 6.61 Å². The third-order valence-corrected chi connectivity index (χ3v) is 3.94. The second-order valence-electron chi connectivity index (χ2n) is 4.70. The second kappa shape index (κ2) is 7.31. The Morgan fingerprint density at radius 2 is 2.05 bits per heavy atom. The maximum absolute atomic E-state index is 5.79. The topological polar surface area (TPSA) is 21.3 Å². The van der Waals surface area contributed by atoms with E-state index < -0.39 is 0 Å². The van der Waals surface area contributed by atoms with Crippen LogP contribution >= 0.6 is 11.3 Å². The van der Waals surface area contributed by atoms with Crippen LogP contribution in [0.3, 0.4) is 0 Å². The van der Waals surface area contributed by atoms with Gasteiger partial charge in [-0.3, -0.25) is 0 Å². The average molecular weight is 275 g/mol. The highest BCUT2D eigenvalue weighted by molar-refractivity contribution is 7.09. The molecule has 0 spiro atoms. The molecule has 3 heteroatoms. The molecule has 0 fully saturated rings. The van der Waals surface area contributed by atoms with Crippen molar-refractivity contribution in [3.05, 3.63) is 51.7 Å². The molecular formula is C16H21NOS. The minimum Gasteiger partial charge on any atom is -0.492 e. The van der Waals surface area contributed by atoms with E-state index in [2.05, 4.69) is 54.9 Å². The smallest absolute Gasteiger partial charge is 0.122 e. The SMILES string of the molecule is Cc1ccc(C)c(OCCNCCc2cccs2)c1. The van der Waals surface area contributed by atoms with E-state index in [-0.39, 0.29) is 0 Å². The fraction of sp³-hybridized carbons (Fsp3) is 0.375. The molecule has 0 saturated heterocycles. The molecular weight excluding hydrogens is 254 g/mol. The summed E-state index contributed by atoms with van der Waals surface area (Å²) in [7, 11) is 0. The van der Waals surface area contributed by atoms with Gasteiger partial charge in [-0.2, -0.15) is 0 Å². The number of nitrogens with one attached hydrogen (secondary N) is 1. The summed E-state index contributed by atoms with van der Waals surface area (Å²) in [6, 6.07) is 10.6. The zero-order chi connectivity index (χ0) is 13.5. The van der Waals surface area contributed by atoms with E-state index in [1.54, 1.807) is 0 Å². The van der Waals surface area contributed by atoms with Crippen LogP contribution in [-0.2, 0) is 6.42 Å². The standard InChI is InChI=1S/C16H21NOS/c1-13-5-6-14(2)16(12-13)18-10-9-17-8-7-15-4-3-11-19-15/h3-6,11-12,17H,7-10H2,1-2H3. The van der Waals surface area contributed by atoms with Gasteiger partial charge in [-0.15, -0.1) is 11.3 Å². The van der Waals surface area contributed by atoms with Crippen molar-refractivity contribution in [1.82, 2.24) is 5.32 Å². The maximum Gasteiger partial charge on any atom is 0.122 e. The van der Waals surface area contributed by atoms with Crippen molar-refractivity contribution in [1.29, 1.82) is 0 Å². The van der Waals surface area contributed by atoms with Gasteiger partial charge in [0.25, 0.3) is 0 Å². The summed E-state index contributed by atoms with van der Waals surface area (Å²) in [5.74, 6) is 1.00. The molecule has 102 valence electrons. The Morgan fingerprint density at radius 1 is 1.16 bits per heavy atom. The van der Waals surface area contributed by atoms with Gasteiger partial charge in [0.05, 0.1) is 0 Å². The number of aryl methyl sites for hydroxylation is 2. The van der Waals surface area contributed by atoms with Crippen molar-refractivity contribution in [2.45, 2.75) is 20.3 Å². The van der Waals surface area contributed by atoms with Gasteiger partial charge in [0.15, 0.2) is 0 Å². The molecule has 0 saturated carbocycles. The fourth-order valence-electron chi connectivity index (χ4n) is 1.89. The van der Waals surface area contributed by atoms with E-state index in [0.717, 1.165) is 25.3 Å². The Labute approximate surface area is 119 Å². The van der Waals surface area contributed by atoms with Crippen LogP contribution in [0.1, 0.15) is 16.0 Å². The first-order chi connectivity index (χ1) is 9.25. The zero-order valence-corrected chi connectivity index (χ0v) is 12.4. The molecule has 2 aromatic rings. The predicted molar refractivity (Wildman–Crippen MR) is 82.3 cm³/mol. The number of hydrogen-bond acceptors (Lipinski definition) is 3. The van der Waals surface area contributed by atoms with E-state index in [1.165, 1.54) is 16.0 Å². The van der Waals surface area contributed by atoms with Gasteiger partial charge in [-0.25, -0.2) is 0 Å². The summed E-state index contributed by atoms with van der Waals surface area (Å²) in [5, 5.41) is 5.53. The first kappa shape index (κ1) is 14.1. The zero-order valence-electron chi connectivity index (χ0n) is 11.6. The average Bonchev–Trinajstić information content (AvgIpc) is 2.90. The molecule has 0 atom stereocenters. The molecule has 0 bridgehead atoms. The summed E-state index contributed by atoms with van der Waals surface area (Å²) in [4.78, 5) is 1.43. The number of thiophene rings is 1. The number of benzene rings is 1. The third kappa shape index (κ3) is 4.69. The second-order valence-corrected chi connectivity index (χ2v) is 5.73. The van der Waals surface area contributed by atoms with Crippen molar-refractivity contribution in [3.63, 3.8) is 0 Å². The highest BCUT2D eigenvalue weighted by atomic mass is 32.1. The number of ether oxygens (including phenoxy) is 1. The van der Waals surface area contributed by atoms with Crippen molar-refractivity contribution in [2.75, 3.05) is 19.7 Å². The summed E-state index contributed by atoms with van der Waals surface area (Å²) in [5.41, 5.74) is 2.44. The minimum absolute atomic E-state index is 0.717. The van der Waals surface area contributed by atoms with E-state index in [9.17, 15) is 0 Å². The molecule has 1 aromatic heterocycles. The van der Waals surface area contributed by atoms with Crippen molar-refractivity contribution in [2.24, 2.45) is 0 Å². The molecule has 0 aliphatic rings. The van der Waals surface area contributed by atoms with Gasteiger partial charge >= 0.3 is 0 Å². The number of rotatable bonds is 7. The molecule has 0 aliphatic carbocycles. The van der Waals surface area contributed by atoms with E-state index in [4.69, 9.17) is 4.74 Å². The van der Waals surface area contributed by atoms with Crippen LogP contribution in [0.15, 0.2) is 35.7 Å². The van der Waals surface area contributed by atoms with Gasteiger partial charge in [0.2, 0.25) is 0 Å². The van der Waals surface area contributed by atoms with Crippen LogP contribution < -0.4 is 10.1 Å². The highest BCUT2D eigenvalue weighted by Gasteiger charge is 1.99. The third-order valence-electron chi connectivity index (χ3n) is 3.01. The molecule has 2 nitrogen and oxygen atoms in total. The van der Waals surface area contributed by atoms with Crippen LogP contribution in [0.25, 0.3) is 0 Å². The quantitative estimate of drug-likeness (QED) is 0.780. The molecule has 0 unspecified atom stereocenters. The van der Waals surface area contributed by atoms with Crippen molar-refractivity contribution in [3.8, 4) is 5.75 Å². The Kier molecular flexibility index (Phi) is 5.43. The lowest BCUT2D eigenvalue weighted by Crippen LogP contribution is -2.23. The molecule has 0 aliphatic heterocycles. The van der Waals surface area contributed by atoms with Gasteiger partial charge < -0.3 is 10.1 Å². The molecule has 2 rings (SSSR count). The van der Waals surface area contributed by atoms with Gasteiger partial charge in [-0.05, 0) is 48.9 Å². The Balaban J connectivity index is 1.62. The molecule has 1 N–H and O–H groups in total. The molecule has 0 radical (unpaired) electrons. The normalized spacial score (nSPS) is 10.6. The molecule has 0 amide bonds. The van der Waals surface area contributed by atoms with Crippen molar-refractivity contribution < 1.29 is 4.74 Å². The lowest BCUT2D eigenvalue weighted by molar-refractivity contribution is 0.312. The lowest BCUT2D eigenvalue weighted by atomic mass is 10.1. The Hall–Kier alpha value is -1.32. The largest absolute Gasteiger partial charge is 0.492 e. The van der Waals surface area contributed by atoms with Gasteiger partial charge in [-0.1, -0.05) is 18.2 Å². The van der Waals surface area contributed by atoms with Crippen LogP contribution in [0.4, 0.5) is 0 Å². The summed E-state index contributed by atoms with van der Waals surface area (Å²) >= 11 is 1.82.